The van der Waals surface area contributed by atoms with Crippen molar-refractivity contribution in [3.8, 4) is 0 Å². The molecule has 3 atom stereocenters. The molecule has 0 fully saturated rings. The van der Waals surface area contributed by atoms with E-state index in [1.165, 1.54) is 180 Å². The number of esters is 1. The van der Waals surface area contributed by atoms with Crippen molar-refractivity contribution < 1.29 is 37.3 Å². The van der Waals surface area contributed by atoms with Crippen LogP contribution in [0.3, 0.4) is 0 Å². The van der Waals surface area contributed by atoms with Gasteiger partial charge in [-0.15, -0.1) is 0 Å². The number of allylic oxidation sites excluding steroid dienone is 17. The smallest absolute Gasteiger partial charge is 0.306 e. The summed E-state index contributed by atoms with van der Waals surface area (Å²) in [6.07, 6.45) is 93.6. The number of unbranched alkanes of at least 4 members (excludes halogenated alkanes) is 35. The molecule has 0 aromatic rings. The number of phosphoric ester groups is 1. The molecule has 0 aliphatic heterocycles. The number of nitrogens with zero attached hydrogens (tertiary/aromatic N) is 1. The zero-order valence-corrected chi connectivity index (χ0v) is 59.8. The molecule has 0 radical (unpaired) electrons. The van der Waals surface area contributed by atoms with Crippen LogP contribution in [-0.2, 0) is 27.9 Å². The summed E-state index contributed by atoms with van der Waals surface area (Å²) in [7, 11) is 1.18. The normalized spacial score (nSPS) is 14.1. The summed E-state index contributed by atoms with van der Waals surface area (Å²) in [5.41, 5.74) is 0. The fourth-order valence-corrected chi connectivity index (χ4v) is 11.2. The number of phosphoric acid groups is 1. The molecule has 0 rings (SSSR count). The molecule has 0 aromatic heterocycles. The van der Waals surface area contributed by atoms with Crippen LogP contribution in [0.15, 0.2) is 109 Å². The van der Waals surface area contributed by atoms with Gasteiger partial charge in [0, 0.05) is 12.8 Å². The number of rotatable bonds is 67. The van der Waals surface area contributed by atoms with Crippen molar-refractivity contribution in [2.45, 2.75) is 341 Å². The first-order chi connectivity index (χ1) is 43.4. The Bertz CT molecular complexity index is 1890. The van der Waals surface area contributed by atoms with E-state index in [4.69, 9.17) is 13.8 Å². The molecule has 0 aromatic carbocycles. The molecule has 0 spiro atoms. The van der Waals surface area contributed by atoms with E-state index in [1.807, 2.05) is 33.3 Å². The number of hydrogen-bond acceptors (Lipinski definition) is 7. The van der Waals surface area contributed by atoms with Gasteiger partial charge in [0.2, 0.25) is 5.91 Å². The van der Waals surface area contributed by atoms with E-state index in [-0.39, 0.29) is 24.9 Å². The molecule has 1 amide bonds. The summed E-state index contributed by atoms with van der Waals surface area (Å²) >= 11 is 0. The number of amides is 1. The second-order valence-corrected chi connectivity index (χ2v) is 27.5. The van der Waals surface area contributed by atoms with Crippen LogP contribution in [-0.4, -0.2) is 69.4 Å². The molecule has 0 aliphatic carbocycles. The van der Waals surface area contributed by atoms with E-state index >= 15 is 0 Å². The summed E-state index contributed by atoms with van der Waals surface area (Å²) in [4.78, 5) is 40.2. The van der Waals surface area contributed by atoms with Crippen molar-refractivity contribution >= 4 is 19.7 Å². The Morgan fingerprint density at radius 3 is 1.10 bits per heavy atom. The minimum Gasteiger partial charge on any atom is -0.756 e. The molecule has 0 saturated heterocycles. The lowest BCUT2D eigenvalue weighted by molar-refractivity contribution is -0.870. The minimum atomic E-state index is -4.71. The zero-order valence-electron chi connectivity index (χ0n) is 58.9. The summed E-state index contributed by atoms with van der Waals surface area (Å²) in [6, 6.07) is -0.899. The number of likely N-dealkylation sites (N-methyl/N-ethyl adjacent to an activating group) is 1. The summed E-state index contributed by atoms with van der Waals surface area (Å²) < 4.78 is 30.5. The third kappa shape index (κ3) is 68.9. The van der Waals surface area contributed by atoms with E-state index in [1.54, 1.807) is 0 Å². The number of carbonyl (C=O) groups is 2. The highest BCUT2D eigenvalue weighted by atomic mass is 31.2. The molecular weight excluding hydrogens is 1120 g/mol. The first-order valence-electron chi connectivity index (χ1n) is 37.2. The van der Waals surface area contributed by atoms with Crippen LogP contribution in [0.4, 0.5) is 0 Å². The maximum atomic E-state index is 13.6. The van der Waals surface area contributed by atoms with Gasteiger partial charge in [0.25, 0.3) is 7.82 Å². The van der Waals surface area contributed by atoms with Gasteiger partial charge in [0.1, 0.15) is 19.3 Å². The lowest BCUT2D eigenvalue weighted by Crippen LogP contribution is -2.47. The molecule has 0 aliphatic rings. The van der Waals surface area contributed by atoms with Crippen LogP contribution in [0, 0.1) is 0 Å². The van der Waals surface area contributed by atoms with Crippen molar-refractivity contribution in [1.29, 1.82) is 0 Å². The highest BCUT2D eigenvalue weighted by molar-refractivity contribution is 7.45. The maximum Gasteiger partial charge on any atom is 0.306 e. The molecule has 3 unspecified atom stereocenters. The predicted molar refractivity (Wildman–Crippen MR) is 385 cm³/mol. The van der Waals surface area contributed by atoms with Crippen molar-refractivity contribution in [2.75, 3.05) is 40.9 Å². The highest BCUT2D eigenvalue weighted by Gasteiger charge is 2.27. The second-order valence-electron chi connectivity index (χ2n) is 26.1. The number of quaternary nitrogens is 1. The van der Waals surface area contributed by atoms with Crippen molar-refractivity contribution in [1.82, 2.24) is 5.32 Å². The number of hydrogen-bond donors (Lipinski definition) is 1. The molecule has 514 valence electrons. The van der Waals surface area contributed by atoms with E-state index in [0.717, 1.165) is 116 Å². The third-order valence-corrected chi connectivity index (χ3v) is 17.2. The number of carbonyl (C=O) groups excluding carboxylic acids is 2. The lowest BCUT2D eigenvalue weighted by atomic mass is 10.0. The second kappa shape index (κ2) is 67.6. The van der Waals surface area contributed by atoms with Gasteiger partial charge in [-0.25, -0.2) is 0 Å². The molecule has 0 bridgehead atoms. The quantitative estimate of drug-likeness (QED) is 0.0212. The number of nitrogens with one attached hydrogen (secondary N) is 1. The Morgan fingerprint density at radius 1 is 0.404 bits per heavy atom. The van der Waals surface area contributed by atoms with Gasteiger partial charge in [0.15, 0.2) is 0 Å². The maximum absolute atomic E-state index is 13.6. The first kappa shape index (κ1) is 85.7. The Balaban J connectivity index is 4.99. The van der Waals surface area contributed by atoms with E-state index in [2.05, 4.69) is 123 Å². The summed E-state index contributed by atoms with van der Waals surface area (Å²) in [6.45, 7) is 6.72. The molecule has 0 saturated carbocycles. The van der Waals surface area contributed by atoms with Crippen LogP contribution < -0.4 is 10.2 Å². The average Bonchev–Trinajstić information content (AvgIpc) is 3.71. The van der Waals surface area contributed by atoms with E-state index < -0.39 is 26.6 Å². The highest BCUT2D eigenvalue weighted by Crippen LogP contribution is 2.38. The summed E-state index contributed by atoms with van der Waals surface area (Å²) in [5.74, 6) is -0.547. The van der Waals surface area contributed by atoms with Crippen LogP contribution in [0.25, 0.3) is 0 Å². The molecule has 10 heteroatoms. The van der Waals surface area contributed by atoms with Gasteiger partial charge in [-0.3, -0.25) is 14.2 Å². The van der Waals surface area contributed by atoms with Crippen molar-refractivity contribution in [2.24, 2.45) is 0 Å². The molecule has 9 nitrogen and oxygen atoms in total. The van der Waals surface area contributed by atoms with Gasteiger partial charge in [-0.05, 0) is 115 Å². The van der Waals surface area contributed by atoms with Crippen LogP contribution in [0.2, 0.25) is 0 Å². The monoisotopic (exact) mass is 1260 g/mol. The Hall–Kier alpha value is -3.33. The van der Waals surface area contributed by atoms with E-state index in [9.17, 15) is 19.0 Å². The van der Waals surface area contributed by atoms with Crippen molar-refractivity contribution in [3.05, 3.63) is 109 Å². The Labute approximate surface area is 551 Å². The van der Waals surface area contributed by atoms with Crippen LogP contribution in [0.5, 0.6) is 0 Å². The largest absolute Gasteiger partial charge is 0.756 e. The molecule has 89 heavy (non-hydrogen) atoms. The van der Waals surface area contributed by atoms with Gasteiger partial charge >= 0.3 is 5.97 Å². The topological polar surface area (TPSA) is 114 Å². The minimum absolute atomic E-state index is 0.0274. The van der Waals surface area contributed by atoms with Gasteiger partial charge in [-0.2, -0.15) is 0 Å². The SMILES string of the molecule is CC/C=C\C/C=C\C/C=C\C/C=C\C/C=C\C/C=C\CCCCCCCCCCC(=O)OC(/C=C/CCCCCCCCCCC)C(COP(=O)([O-])OCC[N+](C)(C)C)NC(=O)CCCCCCCCCCCCCCCCC/C=C\C/C=C\CCCCC. The van der Waals surface area contributed by atoms with Crippen LogP contribution >= 0.6 is 7.82 Å². The number of ether oxygens (including phenoxy) is 1. The third-order valence-electron chi connectivity index (χ3n) is 16.2. The first-order valence-corrected chi connectivity index (χ1v) is 38.7. The van der Waals surface area contributed by atoms with Crippen molar-refractivity contribution in [3.63, 3.8) is 0 Å². The molecular formula is C79H141N2O7P. The predicted octanol–water partition coefficient (Wildman–Crippen LogP) is 23.4. The van der Waals surface area contributed by atoms with Crippen LogP contribution in [0.1, 0.15) is 329 Å². The fourth-order valence-electron chi connectivity index (χ4n) is 10.5. The Morgan fingerprint density at radius 2 is 0.719 bits per heavy atom. The standard InChI is InChI=1S/C79H141N2O7P/c1-7-10-13-16-19-22-25-27-29-31-33-35-37-39-40-42-44-46-48-50-52-54-57-60-63-66-69-72-79(83)88-77(70-67-64-61-58-55-24-21-18-15-12-9-3)76(75-87-89(84,85)86-74-73-81(4,5)6)80-78(82)71-68-65-62-59-56-53-51-49-47-45-43-41-38-36-34-32-30-28-26-23-20-17-14-11-8-2/h10,13,19-20,22-23,27-30,33,35,39-40,44,46,67,70,76-77H,7-9,11-12,14-18,21,24-26,31-32,34,36-38,41-43,45,47-66,68-69,71-75H2,1-6H3,(H-,80,82,84,85)/b13-10-,22-19-,23-20-,29-27-,30-28-,35-33-,40-39-,46-44-,70-67+. The Kier molecular flexibility index (Phi) is 65.0. The zero-order chi connectivity index (χ0) is 64.9. The summed E-state index contributed by atoms with van der Waals surface area (Å²) in [5, 5.41) is 3.04. The molecule has 1 N–H and O–H groups in total. The van der Waals surface area contributed by atoms with Gasteiger partial charge in [-0.1, -0.05) is 310 Å². The average molecular weight is 1260 g/mol. The fraction of sp³-hybridized carbons (Fsp3) is 0.747. The van der Waals surface area contributed by atoms with Gasteiger partial charge < -0.3 is 28.5 Å². The van der Waals surface area contributed by atoms with Gasteiger partial charge in [0.05, 0.1) is 33.8 Å². The molecule has 0 heterocycles. The van der Waals surface area contributed by atoms with E-state index in [0.29, 0.717) is 17.4 Å². The lowest BCUT2D eigenvalue weighted by Gasteiger charge is -2.30.